The number of fused-ring (bicyclic) bond motifs is 5. The Balaban J connectivity index is 1.25. The molecule has 7 heterocycles. The van der Waals surface area contributed by atoms with E-state index in [0.29, 0.717) is 55.6 Å². The summed E-state index contributed by atoms with van der Waals surface area (Å²) in [6.07, 6.45) is 8.07. The molecule has 12 heteroatoms. The van der Waals surface area contributed by atoms with Gasteiger partial charge in [-0.1, -0.05) is 12.2 Å². The van der Waals surface area contributed by atoms with E-state index in [1.54, 1.807) is 13.3 Å². The van der Waals surface area contributed by atoms with Crippen LogP contribution in [-0.4, -0.2) is 94.8 Å². The first-order valence-corrected chi connectivity index (χ1v) is 16.5. The van der Waals surface area contributed by atoms with Gasteiger partial charge in [0.2, 0.25) is 5.88 Å². The number of aromatic amines is 1. The first-order valence-electron chi connectivity index (χ1n) is 16.5. The molecule has 11 nitrogen and oxygen atoms in total. The van der Waals surface area contributed by atoms with E-state index in [1.807, 2.05) is 0 Å². The second-order valence-electron chi connectivity index (χ2n) is 13.5. The Labute approximate surface area is 266 Å². The molecule has 0 amide bonds. The van der Waals surface area contributed by atoms with Crippen molar-refractivity contribution in [3.05, 3.63) is 41.4 Å². The van der Waals surface area contributed by atoms with Crippen molar-refractivity contribution in [2.75, 3.05) is 58.1 Å². The molecular weight excluding hydrogens is 589 g/mol. The number of rotatable bonds is 5. The first-order chi connectivity index (χ1) is 22.5. The van der Waals surface area contributed by atoms with Gasteiger partial charge >= 0.3 is 6.01 Å². The summed E-state index contributed by atoms with van der Waals surface area (Å²) < 4.78 is 42.1. The molecule has 3 saturated heterocycles. The lowest BCUT2D eigenvalue weighted by molar-refractivity contribution is 0.0886. The summed E-state index contributed by atoms with van der Waals surface area (Å²) >= 11 is 0. The maximum absolute atomic E-state index is 17.3. The Morgan fingerprint density at radius 2 is 2.11 bits per heavy atom. The summed E-state index contributed by atoms with van der Waals surface area (Å²) in [6, 6.07) is 2.15. The van der Waals surface area contributed by atoms with E-state index in [9.17, 15) is 0 Å². The van der Waals surface area contributed by atoms with Crippen LogP contribution in [0.3, 0.4) is 0 Å². The molecule has 3 aromatic heterocycles. The summed E-state index contributed by atoms with van der Waals surface area (Å²) in [7, 11) is 1.71. The summed E-state index contributed by atoms with van der Waals surface area (Å²) in [4.78, 5) is 19.3. The summed E-state index contributed by atoms with van der Waals surface area (Å²) in [5.74, 6) is 0.357. The van der Waals surface area contributed by atoms with Gasteiger partial charge in [-0.05, 0) is 68.7 Å². The number of nitrogens with zero attached hydrogens (tertiary/aromatic N) is 6. The summed E-state index contributed by atoms with van der Waals surface area (Å²) in [5.41, 5.74) is 4.96. The van der Waals surface area contributed by atoms with Crippen LogP contribution in [-0.2, 0) is 15.9 Å². The minimum absolute atomic E-state index is 0.112. The zero-order valence-electron chi connectivity index (χ0n) is 26.1. The number of aromatic nitrogens is 5. The Morgan fingerprint density at radius 3 is 3.02 bits per heavy atom. The van der Waals surface area contributed by atoms with Crippen molar-refractivity contribution in [3.8, 4) is 23.1 Å². The minimum Gasteiger partial charge on any atom is -0.475 e. The van der Waals surface area contributed by atoms with E-state index < -0.39 is 5.82 Å². The maximum Gasteiger partial charge on any atom is 0.319 e. The van der Waals surface area contributed by atoms with Gasteiger partial charge in [0, 0.05) is 37.8 Å². The molecule has 4 aromatic rings. The number of aryl methyl sites for hydroxylation is 1. The predicted octanol–water partition coefficient (Wildman–Crippen LogP) is 4.89. The maximum atomic E-state index is 17.3. The van der Waals surface area contributed by atoms with Crippen LogP contribution in [0.2, 0.25) is 0 Å². The van der Waals surface area contributed by atoms with E-state index >= 15 is 4.39 Å². The van der Waals surface area contributed by atoms with Crippen LogP contribution in [0.5, 0.6) is 11.9 Å². The van der Waals surface area contributed by atoms with Crippen molar-refractivity contribution < 1.29 is 23.3 Å². The molecule has 9 rings (SSSR count). The molecule has 1 aromatic carbocycles. The van der Waals surface area contributed by atoms with Crippen LogP contribution >= 0.6 is 0 Å². The van der Waals surface area contributed by atoms with Crippen LogP contribution in [0.15, 0.2) is 24.4 Å². The number of H-pyrrole nitrogens is 1. The monoisotopic (exact) mass is 627 g/mol. The van der Waals surface area contributed by atoms with Crippen molar-refractivity contribution in [1.29, 1.82) is 0 Å². The molecular formula is C34H38FN7O4. The van der Waals surface area contributed by atoms with Crippen LogP contribution in [0.1, 0.15) is 55.8 Å². The largest absolute Gasteiger partial charge is 0.475 e. The third kappa shape index (κ3) is 4.33. The Morgan fingerprint density at radius 1 is 1.17 bits per heavy atom. The number of ether oxygens (including phenoxy) is 4. The minimum atomic E-state index is -0.536. The van der Waals surface area contributed by atoms with Gasteiger partial charge in [-0.15, -0.1) is 0 Å². The van der Waals surface area contributed by atoms with Crippen molar-refractivity contribution in [2.45, 2.75) is 62.6 Å². The van der Waals surface area contributed by atoms with Crippen molar-refractivity contribution >= 4 is 27.6 Å². The SMILES string of the molecule is C=C1CN2CCC[C@@]2(COc2nc3c4c(nc(-c5c6c(cc7[nH]ncc57)CCC[C@H]6OC)c(F)c4n2)OC[C@@H]2COCCCN32)C1. The smallest absolute Gasteiger partial charge is 0.319 e. The number of methoxy groups -OCH3 is 1. The number of halogens is 1. The first kappa shape index (κ1) is 28.4. The van der Waals surface area contributed by atoms with Crippen molar-refractivity contribution in [1.82, 2.24) is 30.0 Å². The zero-order valence-corrected chi connectivity index (χ0v) is 26.1. The van der Waals surface area contributed by atoms with E-state index in [0.717, 1.165) is 80.1 Å². The van der Waals surface area contributed by atoms with E-state index in [-0.39, 0.29) is 34.9 Å². The second-order valence-corrected chi connectivity index (χ2v) is 13.5. The van der Waals surface area contributed by atoms with Crippen LogP contribution < -0.4 is 14.4 Å². The normalized spacial score (nSPS) is 26.0. The number of hydrogen-bond donors (Lipinski definition) is 1. The Bertz CT molecular complexity index is 1880. The van der Waals surface area contributed by atoms with Crippen LogP contribution in [0.25, 0.3) is 33.1 Å². The molecule has 3 fully saturated rings. The van der Waals surface area contributed by atoms with Gasteiger partial charge < -0.3 is 23.8 Å². The summed E-state index contributed by atoms with van der Waals surface area (Å²) in [6.45, 7) is 8.74. The average Bonchev–Trinajstić information content (AvgIpc) is 3.67. The molecule has 4 aliphatic heterocycles. The molecule has 1 N–H and O–H groups in total. The standard InChI is InChI=1S/C34H38FN7O4/c1-19-13-34(8-4-9-41(34)15-19)18-46-33-38-30-27-31(39-33)42-10-5-11-44-16-21(42)17-45-32(27)37-29(28(30)35)26-22-14-36-40-23(22)12-20-6-3-7-24(43-2)25(20)26/h12,14,21,24H,1,3-11,13,15-18H2,2H3,(H,36,40)/t21-,24+,34-/m0/s1. The molecule has 0 radical (unpaired) electrons. The molecule has 0 unspecified atom stereocenters. The third-order valence-electron chi connectivity index (χ3n) is 10.7. The predicted molar refractivity (Wildman–Crippen MR) is 170 cm³/mol. The fraction of sp³-hybridized carbons (Fsp3) is 0.529. The van der Waals surface area contributed by atoms with Gasteiger partial charge in [0.15, 0.2) is 5.82 Å². The molecule has 1 aliphatic carbocycles. The quantitative estimate of drug-likeness (QED) is 0.307. The highest BCUT2D eigenvalue weighted by molar-refractivity contribution is 6.02. The number of benzene rings is 1. The Hall–Kier alpha value is -3.87. The fourth-order valence-corrected chi connectivity index (χ4v) is 8.56. The number of nitrogens with one attached hydrogen (secondary N) is 1. The van der Waals surface area contributed by atoms with E-state index in [2.05, 4.69) is 32.6 Å². The van der Waals surface area contributed by atoms with Gasteiger partial charge in [0.25, 0.3) is 0 Å². The molecule has 5 aliphatic rings. The molecule has 46 heavy (non-hydrogen) atoms. The van der Waals surface area contributed by atoms with Gasteiger partial charge in [-0.3, -0.25) is 10.00 Å². The second kappa shape index (κ2) is 10.9. The number of hydrogen-bond acceptors (Lipinski definition) is 10. The highest BCUT2D eigenvalue weighted by atomic mass is 19.1. The molecule has 0 bridgehead atoms. The Kier molecular flexibility index (Phi) is 6.69. The number of anilines is 1. The fourth-order valence-electron chi connectivity index (χ4n) is 8.56. The topological polar surface area (TPSA) is 111 Å². The van der Waals surface area contributed by atoms with Gasteiger partial charge in [-0.2, -0.15) is 15.1 Å². The zero-order chi connectivity index (χ0) is 31.0. The highest BCUT2D eigenvalue weighted by Crippen LogP contribution is 2.47. The average molecular weight is 628 g/mol. The molecule has 240 valence electrons. The van der Waals surface area contributed by atoms with Crippen LogP contribution in [0, 0.1) is 5.82 Å². The van der Waals surface area contributed by atoms with Gasteiger partial charge in [-0.25, -0.2) is 9.37 Å². The van der Waals surface area contributed by atoms with E-state index in [4.69, 9.17) is 33.9 Å². The molecule has 0 saturated carbocycles. The number of pyridine rings is 1. The highest BCUT2D eigenvalue weighted by Gasteiger charge is 2.47. The van der Waals surface area contributed by atoms with Crippen molar-refractivity contribution in [2.24, 2.45) is 0 Å². The summed E-state index contributed by atoms with van der Waals surface area (Å²) in [5, 5.41) is 8.66. The molecule has 0 spiro atoms. The lowest BCUT2D eigenvalue weighted by Crippen LogP contribution is -2.43. The van der Waals surface area contributed by atoms with Gasteiger partial charge in [0.05, 0.1) is 36.0 Å². The van der Waals surface area contributed by atoms with Crippen molar-refractivity contribution in [3.63, 3.8) is 0 Å². The van der Waals surface area contributed by atoms with E-state index in [1.165, 1.54) is 5.57 Å². The lowest BCUT2D eigenvalue weighted by atomic mass is 9.83. The third-order valence-corrected chi connectivity index (χ3v) is 10.7. The molecule has 3 atom stereocenters. The van der Waals surface area contributed by atoms with Gasteiger partial charge in [0.1, 0.15) is 35.6 Å². The van der Waals surface area contributed by atoms with Crippen LogP contribution in [0.4, 0.5) is 10.2 Å². The lowest BCUT2D eigenvalue weighted by Gasteiger charge is -2.31.